The van der Waals surface area contributed by atoms with Gasteiger partial charge in [0.15, 0.2) is 0 Å². The zero-order valence-electron chi connectivity index (χ0n) is 16.1. The van der Waals surface area contributed by atoms with Gasteiger partial charge in [0, 0.05) is 56.1 Å². The molecule has 1 aliphatic rings. The highest BCUT2D eigenvalue weighted by Gasteiger charge is 2.25. The third-order valence-electron chi connectivity index (χ3n) is 5.12. The van der Waals surface area contributed by atoms with E-state index in [0.29, 0.717) is 37.3 Å². The second-order valence-electron chi connectivity index (χ2n) is 6.67. The van der Waals surface area contributed by atoms with E-state index in [1.807, 2.05) is 64.4 Å². The normalized spacial score (nSPS) is 14.1. The van der Waals surface area contributed by atoms with Crippen LogP contribution in [-0.2, 0) is 0 Å². The van der Waals surface area contributed by atoms with E-state index in [2.05, 4.69) is 18.7 Å². The number of benzene rings is 2. The van der Waals surface area contributed by atoms with Gasteiger partial charge in [0.25, 0.3) is 11.8 Å². The van der Waals surface area contributed by atoms with Gasteiger partial charge in [0.1, 0.15) is 0 Å². The number of piperazine rings is 1. The molecule has 0 saturated carbocycles. The first-order chi connectivity index (χ1) is 13.1. The molecule has 5 heteroatoms. The Bertz CT molecular complexity index is 762. The van der Waals surface area contributed by atoms with Gasteiger partial charge in [0.2, 0.25) is 0 Å². The molecule has 5 nitrogen and oxygen atoms in total. The molecule has 2 amide bonds. The molecule has 2 aromatic carbocycles. The van der Waals surface area contributed by atoms with Gasteiger partial charge in [-0.25, -0.2) is 0 Å². The van der Waals surface area contributed by atoms with Crippen molar-refractivity contribution in [2.45, 2.75) is 13.8 Å². The highest BCUT2D eigenvalue weighted by atomic mass is 16.2. The van der Waals surface area contributed by atoms with Gasteiger partial charge in [-0.05, 0) is 50.2 Å². The van der Waals surface area contributed by atoms with Gasteiger partial charge in [-0.3, -0.25) is 9.59 Å². The maximum absolute atomic E-state index is 12.8. The van der Waals surface area contributed by atoms with Crippen molar-refractivity contribution in [1.82, 2.24) is 9.80 Å². The topological polar surface area (TPSA) is 43.9 Å². The fourth-order valence-corrected chi connectivity index (χ4v) is 3.46. The Morgan fingerprint density at radius 3 is 1.63 bits per heavy atom. The van der Waals surface area contributed by atoms with Crippen molar-refractivity contribution < 1.29 is 9.59 Å². The van der Waals surface area contributed by atoms with Crippen LogP contribution in [0.5, 0.6) is 0 Å². The summed E-state index contributed by atoms with van der Waals surface area (Å²) < 4.78 is 0. The maximum Gasteiger partial charge on any atom is 0.253 e. The van der Waals surface area contributed by atoms with Crippen LogP contribution in [0.25, 0.3) is 0 Å². The summed E-state index contributed by atoms with van der Waals surface area (Å²) >= 11 is 0. The van der Waals surface area contributed by atoms with Crippen LogP contribution in [0.2, 0.25) is 0 Å². The quantitative estimate of drug-likeness (QED) is 0.818. The standard InChI is InChI=1S/C22H27N3O2/c1-3-23(4-2)20-12-10-19(11-13-20)22(27)25-16-14-24(15-17-25)21(26)18-8-6-5-7-9-18/h5-13H,3-4,14-17H2,1-2H3. The Hall–Kier alpha value is -2.82. The van der Waals surface area contributed by atoms with Gasteiger partial charge in [0.05, 0.1) is 0 Å². The zero-order valence-corrected chi connectivity index (χ0v) is 16.1. The molecule has 1 saturated heterocycles. The highest BCUT2D eigenvalue weighted by molar-refractivity contribution is 5.96. The predicted octanol–water partition coefficient (Wildman–Crippen LogP) is 3.13. The van der Waals surface area contributed by atoms with E-state index < -0.39 is 0 Å². The van der Waals surface area contributed by atoms with Crippen LogP contribution in [0, 0.1) is 0 Å². The van der Waals surface area contributed by atoms with Crippen LogP contribution in [0.4, 0.5) is 5.69 Å². The number of nitrogens with zero attached hydrogens (tertiary/aromatic N) is 3. The summed E-state index contributed by atoms with van der Waals surface area (Å²) in [5.74, 6) is 0.0687. The highest BCUT2D eigenvalue weighted by Crippen LogP contribution is 2.17. The van der Waals surface area contributed by atoms with Crippen LogP contribution < -0.4 is 4.90 Å². The Morgan fingerprint density at radius 2 is 1.19 bits per heavy atom. The molecule has 0 N–H and O–H groups in total. The molecule has 1 heterocycles. The van der Waals surface area contributed by atoms with Gasteiger partial charge >= 0.3 is 0 Å². The van der Waals surface area contributed by atoms with Crippen LogP contribution in [0.3, 0.4) is 0 Å². The lowest BCUT2D eigenvalue weighted by molar-refractivity contribution is 0.0535. The van der Waals surface area contributed by atoms with Crippen molar-refractivity contribution in [3.05, 3.63) is 65.7 Å². The van der Waals surface area contributed by atoms with E-state index in [-0.39, 0.29) is 11.8 Å². The summed E-state index contributed by atoms with van der Waals surface area (Å²) in [6.07, 6.45) is 0. The Morgan fingerprint density at radius 1 is 0.741 bits per heavy atom. The van der Waals surface area contributed by atoms with Crippen LogP contribution in [-0.4, -0.2) is 60.9 Å². The van der Waals surface area contributed by atoms with Crippen molar-refractivity contribution in [2.24, 2.45) is 0 Å². The minimum Gasteiger partial charge on any atom is -0.372 e. The van der Waals surface area contributed by atoms with Crippen molar-refractivity contribution in [3.63, 3.8) is 0 Å². The molecule has 0 bridgehead atoms. The average molecular weight is 365 g/mol. The predicted molar refractivity (Wildman–Crippen MR) is 108 cm³/mol. The van der Waals surface area contributed by atoms with Crippen molar-refractivity contribution >= 4 is 17.5 Å². The number of hydrogen-bond acceptors (Lipinski definition) is 3. The zero-order chi connectivity index (χ0) is 19.2. The van der Waals surface area contributed by atoms with E-state index in [1.54, 1.807) is 0 Å². The largest absolute Gasteiger partial charge is 0.372 e. The second kappa shape index (κ2) is 8.71. The van der Waals surface area contributed by atoms with Gasteiger partial charge < -0.3 is 14.7 Å². The molecule has 142 valence electrons. The number of hydrogen-bond donors (Lipinski definition) is 0. The summed E-state index contributed by atoms with van der Waals surface area (Å²) in [6.45, 7) is 8.40. The molecule has 0 atom stereocenters. The number of carbonyl (C=O) groups excluding carboxylic acids is 2. The summed E-state index contributed by atoms with van der Waals surface area (Å²) in [6, 6.07) is 17.1. The summed E-state index contributed by atoms with van der Waals surface area (Å²) in [5, 5.41) is 0. The molecular formula is C22H27N3O2. The van der Waals surface area contributed by atoms with Gasteiger partial charge in [-0.2, -0.15) is 0 Å². The number of anilines is 1. The van der Waals surface area contributed by atoms with E-state index in [9.17, 15) is 9.59 Å². The van der Waals surface area contributed by atoms with Crippen molar-refractivity contribution in [3.8, 4) is 0 Å². The molecular weight excluding hydrogens is 338 g/mol. The lowest BCUT2D eigenvalue weighted by Crippen LogP contribution is -2.50. The van der Waals surface area contributed by atoms with E-state index >= 15 is 0 Å². The molecule has 0 aliphatic carbocycles. The average Bonchev–Trinajstić information content (AvgIpc) is 2.75. The first-order valence-electron chi connectivity index (χ1n) is 9.62. The van der Waals surface area contributed by atoms with E-state index in [0.717, 1.165) is 18.8 Å². The number of amides is 2. The summed E-state index contributed by atoms with van der Waals surface area (Å²) in [4.78, 5) is 31.2. The van der Waals surface area contributed by atoms with Crippen molar-refractivity contribution in [1.29, 1.82) is 0 Å². The fraction of sp³-hybridized carbons (Fsp3) is 0.364. The first kappa shape index (κ1) is 19.0. The molecule has 27 heavy (non-hydrogen) atoms. The van der Waals surface area contributed by atoms with Crippen LogP contribution in [0.1, 0.15) is 34.6 Å². The molecule has 2 aromatic rings. The number of carbonyl (C=O) groups is 2. The minimum absolute atomic E-state index is 0.0336. The van der Waals surface area contributed by atoms with E-state index in [4.69, 9.17) is 0 Å². The lowest BCUT2D eigenvalue weighted by Gasteiger charge is -2.35. The molecule has 0 radical (unpaired) electrons. The number of rotatable bonds is 5. The molecule has 1 fully saturated rings. The smallest absolute Gasteiger partial charge is 0.253 e. The van der Waals surface area contributed by atoms with Gasteiger partial charge in [-0.1, -0.05) is 18.2 Å². The Kier molecular flexibility index (Phi) is 6.12. The summed E-state index contributed by atoms with van der Waals surface area (Å²) in [5.41, 5.74) is 2.54. The maximum atomic E-state index is 12.8. The molecule has 1 aliphatic heterocycles. The van der Waals surface area contributed by atoms with Crippen LogP contribution >= 0.6 is 0 Å². The molecule has 0 aromatic heterocycles. The minimum atomic E-state index is 0.0336. The van der Waals surface area contributed by atoms with Crippen LogP contribution in [0.15, 0.2) is 54.6 Å². The summed E-state index contributed by atoms with van der Waals surface area (Å²) in [7, 11) is 0. The van der Waals surface area contributed by atoms with E-state index in [1.165, 1.54) is 0 Å². The SMILES string of the molecule is CCN(CC)c1ccc(C(=O)N2CCN(C(=O)c3ccccc3)CC2)cc1. The third kappa shape index (κ3) is 4.30. The third-order valence-corrected chi connectivity index (χ3v) is 5.12. The monoisotopic (exact) mass is 365 g/mol. The molecule has 3 rings (SSSR count). The second-order valence-corrected chi connectivity index (χ2v) is 6.67. The van der Waals surface area contributed by atoms with Gasteiger partial charge in [-0.15, -0.1) is 0 Å². The molecule has 0 spiro atoms. The first-order valence-corrected chi connectivity index (χ1v) is 9.62. The fourth-order valence-electron chi connectivity index (χ4n) is 3.46. The van der Waals surface area contributed by atoms with Crippen molar-refractivity contribution in [2.75, 3.05) is 44.2 Å². The Labute approximate surface area is 161 Å². The molecule has 0 unspecified atom stereocenters. The lowest BCUT2D eigenvalue weighted by atomic mass is 10.1. The Balaban J connectivity index is 1.59.